The summed E-state index contributed by atoms with van der Waals surface area (Å²) in [6, 6.07) is 7.31. The van der Waals surface area contributed by atoms with Gasteiger partial charge in [0.25, 0.3) is 0 Å². The normalized spacial score (nSPS) is 10.4. The molecular formula is C15H14BrNO3. The zero-order valence-electron chi connectivity index (χ0n) is 11.4. The average Bonchev–Trinajstić information content (AvgIpc) is 2.32. The number of ether oxygens (including phenoxy) is 1. The van der Waals surface area contributed by atoms with Crippen molar-refractivity contribution in [1.82, 2.24) is 4.98 Å². The lowest BCUT2D eigenvalue weighted by Gasteiger charge is -2.12. The molecule has 104 valence electrons. The summed E-state index contributed by atoms with van der Waals surface area (Å²) in [5.74, 6) is -0.340. The summed E-state index contributed by atoms with van der Waals surface area (Å²) in [5, 5.41) is 9.31. The second-order valence-electron chi connectivity index (χ2n) is 4.58. The van der Waals surface area contributed by atoms with E-state index in [0.29, 0.717) is 11.3 Å². The van der Waals surface area contributed by atoms with Gasteiger partial charge >= 0.3 is 5.97 Å². The maximum absolute atomic E-state index is 11.4. The van der Waals surface area contributed by atoms with Crippen molar-refractivity contribution in [2.24, 2.45) is 0 Å². The number of carboxylic acid groups (broad SMARTS) is 1. The molecule has 20 heavy (non-hydrogen) atoms. The molecular weight excluding hydrogens is 322 g/mol. The van der Waals surface area contributed by atoms with Crippen LogP contribution in [0.2, 0.25) is 0 Å². The van der Waals surface area contributed by atoms with Gasteiger partial charge in [0.15, 0.2) is 0 Å². The fourth-order valence-corrected chi connectivity index (χ4v) is 2.26. The first-order chi connectivity index (χ1) is 9.38. The van der Waals surface area contributed by atoms with Crippen molar-refractivity contribution in [3.05, 3.63) is 51.1 Å². The van der Waals surface area contributed by atoms with Crippen LogP contribution in [0, 0.1) is 20.8 Å². The fraction of sp³-hybridized carbons (Fsp3) is 0.200. The number of hydrogen-bond donors (Lipinski definition) is 1. The van der Waals surface area contributed by atoms with E-state index in [-0.39, 0.29) is 11.4 Å². The number of hydrogen-bond acceptors (Lipinski definition) is 3. The Labute approximate surface area is 125 Å². The van der Waals surface area contributed by atoms with Crippen LogP contribution in [0.5, 0.6) is 11.6 Å². The lowest BCUT2D eigenvalue weighted by atomic mass is 10.1. The number of benzene rings is 1. The van der Waals surface area contributed by atoms with Crippen LogP contribution >= 0.6 is 15.9 Å². The first-order valence-corrected chi connectivity index (χ1v) is 6.83. The molecule has 0 saturated heterocycles. The lowest BCUT2D eigenvalue weighted by Crippen LogP contribution is -2.06. The van der Waals surface area contributed by atoms with Gasteiger partial charge in [0.05, 0.1) is 0 Å². The highest BCUT2D eigenvalue weighted by Crippen LogP contribution is 2.30. The monoisotopic (exact) mass is 335 g/mol. The Hall–Kier alpha value is -1.88. The Morgan fingerprint density at radius 2 is 1.90 bits per heavy atom. The van der Waals surface area contributed by atoms with E-state index < -0.39 is 5.97 Å². The highest BCUT2D eigenvalue weighted by Gasteiger charge is 2.18. The van der Waals surface area contributed by atoms with Gasteiger partial charge in [-0.15, -0.1) is 0 Å². The van der Waals surface area contributed by atoms with Crippen molar-refractivity contribution in [3.63, 3.8) is 0 Å². The third-order valence-corrected chi connectivity index (χ3v) is 3.38. The Balaban J connectivity index is 2.53. The number of carbonyl (C=O) groups is 1. The summed E-state index contributed by atoms with van der Waals surface area (Å²) in [4.78, 5) is 15.6. The summed E-state index contributed by atoms with van der Waals surface area (Å²) >= 11 is 3.37. The van der Waals surface area contributed by atoms with Crippen molar-refractivity contribution in [2.45, 2.75) is 20.8 Å². The maximum Gasteiger partial charge on any atom is 0.341 e. The molecule has 0 amide bonds. The molecule has 1 N–H and O–H groups in total. The Kier molecular flexibility index (Phi) is 4.09. The molecule has 0 bridgehead atoms. The quantitative estimate of drug-likeness (QED) is 0.910. The predicted molar refractivity (Wildman–Crippen MR) is 79.6 cm³/mol. The van der Waals surface area contributed by atoms with Crippen molar-refractivity contribution in [2.75, 3.05) is 0 Å². The fourth-order valence-electron chi connectivity index (χ4n) is 1.92. The van der Waals surface area contributed by atoms with E-state index in [2.05, 4.69) is 20.9 Å². The molecule has 2 aromatic rings. The van der Waals surface area contributed by atoms with Gasteiger partial charge in [0.1, 0.15) is 11.3 Å². The van der Waals surface area contributed by atoms with Crippen molar-refractivity contribution in [3.8, 4) is 11.6 Å². The molecule has 1 aromatic carbocycles. The molecule has 4 nitrogen and oxygen atoms in total. The zero-order valence-corrected chi connectivity index (χ0v) is 13.0. The number of aromatic nitrogens is 1. The average molecular weight is 336 g/mol. The third-order valence-electron chi connectivity index (χ3n) is 2.88. The highest BCUT2D eigenvalue weighted by molar-refractivity contribution is 9.10. The van der Waals surface area contributed by atoms with Crippen LogP contribution in [0.3, 0.4) is 0 Å². The van der Waals surface area contributed by atoms with E-state index in [0.717, 1.165) is 15.7 Å². The largest absolute Gasteiger partial charge is 0.477 e. The molecule has 0 aliphatic carbocycles. The molecule has 0 fully saturated rings. The van der Waals surface area contributed by atoms with E-state index >= 15 is 0 Å². The Bertz CT molecular complexity index is 683. The minimum Gasteiger partial charge on any atom is -0.477 e. The van der Waals surface area contributed by atoms with Gasteiger partial charge in [-0.05, 0) is 50.1 Å². The smallest absolute Gasteiger partial charge is 0.341 e. The predicted octanol–water partition coefficient (Wildman–Crippen LogP) is 4.26. The zero-order chi connectivity index (χ0) is 14.9. The second kappa shape index (κ2) is 5.63. The molecule has 5 heteroatoms. The molecule has 0 unspecified atom stereocenters. The van der Waals surface area contributed by atoms with Gasteiger partial charge in [0, 0.05) is 10.2 Å². The van der Waals surface area contributed by atoms with Crippen LogP contribution in [0.1, 0.15) is 27.2 Å². The van der Waals surface area contributed by atoms with Crippen LogP contribution in [0.4, 0.5) is 0 Å². The second-order valence-corrected chi connectivity index (χ2v) is 5.49. The van der Waals surface area contributed by atoms with Gasteiger partial charge in [0.2, 0.25) is 5.88 Å². The molecule has 0 saturated carbocycles. The van der Waals surface area contributed by atoms with E-state index in [1.54, 1.807) is 26.0 Å². The van der Waals surface area contributed by atoms with Crippen LogP contribution in [-0.2, 0) is 0 Å². The lowest BCUT2D eigenvalue weighted by molar-refractivity contribution is 0.0692. The molecule has 0 aliphatic heterocycles. The SMILES string of the molecule is Cc1cc(C)c(C(=O)O)c(Oc2cc(Br)ccc2C)n1. The van der Waals surface area contributed by atoms with Gasteiger partial charge < -0.3 is 9.84 Å². The number of aromatic carboxylic acids is 1. The van der Waals surface area contributed by atoms with Crippen LogP contribution in [-0.4, -0.2) is 16.1 Å². The molecule has 0 atom stereocenters. The van der Waals surface area contributed by atoms with Crippen LogP contribution < -0.4 is 4.74 Å². The number of halogens is 1. The first-order valence-electron chi connectivity index (χ1n) is 6.04. The summed E-state index contributed by atoms with van der Waals surface area (Å²) in [6.07, 6.45) is 0. The number of nitrogens with zero attached hydrogens (tertiary/aromatic N) is 1. The van der Waals surface area contributed by atoms with Gasteiger partial charge in [-0.1, -0.05) is 22.0 Å². The molecule has 2 rings (SSSR count). The van der Waals surface area contributed by atoms with Crippen molar-refractivity contribution >= 4 is 21.9 Å². The molecule has 0 radical (unpaired) electrons. The Morgan fingerprint density at radius 1 is 1.20 bits per heavy atom. The molecule has 1 aromatic heterocycles. The summed E-state index contributed by atoms with van der Waals surface area (Å²) < 4.78 is 6.58. The molecule has 0 spiro atoms. The van der Waals surface area contributed by atoms with Gasteiger partial charge in [-0.3, -0.25) is 0 Å². The summed E-state index contributed by atoms with van der Waals surface area (Å²) in [7, 11) is 0. The van der Waals surface area contributed by atoms with E-state index in [1.807, 2.05) is 19.1 Å². The van der Waals surface area contributed by atoms with Crippen LogP contribution in [0.25, 0.3) is 0 Å². The highest BCUT2D eigenvalue weighted by atomic mass is 79.9. The number of aryl methyl sites for hydroxylation is 3. The van der Waals surface area contributed by atoms with E-state index in [1.165, 1.54) is 0 Å². The summed E-state index contributed by atoms with van der Waals surface area (Å²) in [6.45, 7) is 5.43. The van der Waals surface area contributed by atoms with Crippen LogP contribution in [0.15, 0.2) is 28.7 Å². The summed E-state index contributed by atoms with van der Waals surface area (Å²) in [5.41, 5.74) is 2.35. The minimum atomic E-state index is -1.04. The Morgan fingerprint density at radius 3 is 2.55 bits per heavy atom. The maximum atomic E-state index is 11.4. The molecule has 1 heterocycles. The van der Waals surface area contributed by atoms with Crippen molar-refractivity contribution < 1.29 is 14.6 Å². The number of carboxylic acids is 1. The van der Waals surface area contributed by atoms with Gasteiger partial charge in [-0.25, -0.2) is 9.78 Å². The van der Waals surface area contributed by atoms with Gasteiger partial charge in [-0.2, -0.15) is 0 Å². The molecule has 0 aliphatic rings. The topological polar surface area (TPSA) is 59.4 Å². The van der Waals surface area contributed by atoms with E-state index in [4.69, 9.17) is 4.74 Å². The number of pyridine rings is 1. The van der Waals surface area contributed by atoms with Crippen molar-refractivity contribution in [1.29, 1.82) is 0 Å². The first kappa shape index (κ1) is 14.5. The van der Waals surface area contributed by atoms with E-state index in [9.17, 15) is 9.90 Å². The standard InChI is InChI=1S/C15H14BrNO3/c1-8-4-5-11(16)7-12(8)20-14-13(15(18)19)9(2)6-10(3)17-14/h4-7H,1-3H3,(H,18,19). The number of rotatable bonds is 3. The third kappa shape index (κ3) is 2.99. The minimum absolute atomic E-state index is 0.0926.